The second kappa shape index (κ2) is 14.6. The number of isocyanates is 1. The molecule has 12 nitrogen and oxygen atoms in total. The van der Waals surface area contributed by atoms with Gasteiger partial charge in [-0.1, -0.05) is 24.3 Å². The highest BCUT2D eigenvalue weighted by molar-refractivity contribution is 5.92. The summed E-state index contributed by atoms with van der Waals surface area (Å²) in [6, 6.07) is 22.1. The summed E-state index contributed by atoms with van der Waals surface area (Å²) in [7, 11) is 0. The van der Waals surface area contributed by atoms with E-state index in [1.54, 1.807) is 12.1 Å². The molecule has 0 radical (unpaired) electrons. The van der Waals surface area contributed by atoms with Crippen LogP contribution in [0.3, 0.4) is 0 Å². The molecule has 244 valence electrons. The lowest BCUT2D eigenvalue weighted by Crippen LogP contribution is -2.30. The van der Waals surface area contributed by atoms with E-state index in [1.807, 2.05) is 66.7 Å². The van der Waals surface area contributed by atoms with Crippen molar-refractivity contribution in [3.05, 3.63) is 95.1 Å². The van der Waals surface area contributed by atoms with Crippen LogP contribution >= 0.6 is 0 Å². The summed E-state index contributed by atoms with van der Waals surface area (Å²) < 4.78 is 5.30. The van der Waals surface area contributed by atoms with Crippen LogP contribution in [0.2, 0.25) is 0 Å². The first kappa shape index (κ1) is 32.0. The fourth-order valence-electron chi connectivity index (χ4n) is 5.99. The standard InChI is InChI=1S/C36H34N6O6/c43-13-1-11-37-34(45)40-27-4-8-31-23(18-27)16-24-19-28(5-9-32(24)31)41-35(46)38-12-2-14-48-36(47)42-29-6-10-33-25(20-29)15-22-17-26(39-21-44)3-7-30(22)33/h3-10,17-20,43H,1-2,11-16H2,(H,42,47)(H2,37,40,45)(H2,38,41,46). The Kier molecular flexibility index (Phi) is 9.75. The monoisotopic (exact) mass is 646 g/mol. The van der Waals surface area contributed by atoms with Crippen molar-refractivity contribution < 1.29 is 29.0 Å². The fourth-order valence-corrected chi connectivity index (χ4v) is 5.99. The van der Waals surface area contributed by atoms with Gasteiger partial charge in [0, 0.05) is 36.8 Å². The number of nitrogens with one attached hydrogen (secondary N) is 5. The van der Waals surface area contributed by atoms with E-state index in [-0.39, 0.29) is 25.3 Å². The van der Waals surface area contributed by atoms with Crippen molar-refractivity contribution in [2.24, 2.45) is 4.99 Å². The van der Waals surface area contributed by atoms with Gasteiger partial charge < -0.3 is 31.1 Å². The molecule has 0 saturated heterocycles. The predicted molar refractivity (Wildman–Crippen MR) is 182 cm³/mol. The van der Waals surface area contributed by atoms with Crippen LogP contribution in [0.1, 0.15) is 35.1 Å². The fraction of sp³-hybridized carbons (Fsp3) is 0.222. The molecule has 2 aliphatic rings. The molecule has 0 saturated carbocycles. The lowest BCUT2D eigenvalue weighted by atomic mass is 10.1. The number of urea groups is 2. The highest BCUT2D eigenvalue weighted by atomic mass is 16.5. The minimum absolute atomic E-state index is 0.0187. The lowest BCUT2D eigenvalue weighted by molar-refractivity contribution is 0.160. The van der Waals surface area contributed by atoms with E-state index in [0.717, 1.165) is 44.5 Å². The minimum atomic E-state index is -0.583. The topological polar surface area (TPSA) is 170 Å². The van der Waals surface area contributed by atoms with Crippen molar-refractivity contribution in [1.82, 2.24) is 10.6 Å². The summed E-state index contributed by atoms with van der Waals surface area (Å²) in [6.45, 7) is 0.850. The van der Waals surface area contributed by atoms with Crippen LogP contribution in [0.25, 0.3) is 22.3 Å². The average molecular weight is 647 g/mol. The van der Waals surface area contributed by atoms with E-state index in [1.165, 1.54) is 0 Å². The molecule has 0 unspecified atom stereocenters. The van der Waals surface area contributed by atoms with Gasteiger partial charge in [0.05, 0.1) is 12.3 Å². The summed E-state index contributed by atoms with van der Waals surface area (Å²) in [5, 5.41) is 22.8. The van der Waals surface area contributed by atoms with Crippen LogP contribution in [-0.4, -0.2) is 55.6 Å². The molecule has 0 aromatic heterocycles. The number of hydrogen-bond donors (Lipinski definition) is 6. The maximum absolute atomic E-state index is 12.5. The molecule has 12 heteroatoms. The lowest BCUT2D eigenvalue weighted by Gasteiger charge is -2.10. The Labute approximate surface area is 276 Å². The largest absolute Gasteiger partial charge is 0.449 e. The molecule has 0 bridgehead atoms. The van der Waals surface area contributed by atoms with Crippen molar-refractivity contribution in [3.63, 3.8) is 0 Å². The summed E-state index contributed by atoms with van der Waals surface area (Å²) in [5.41, 5.74) is 11.1. The molecule has 0 spiro atoms. The van der Waals surface area contributed by atoms with Gasteiger partial charge in [-0.25, -0.2) is 19.2 Å². The Morgan fingerprint density at radius 3 is 1.67 bits per heavy atom. The number of benzene rings is 4. The first-order valence-electron chi connectivity index (χ1n) is 15.6. The molecular formula is C36H34N6O6. The molecule has 4 aromatic rings. The Hall–Kier alpha value is -5.97. The van der Waals surface area contributed by atoms with Gasteiger partial charge in [0.1, 0.15) is 0 Å². The van der Waals surface area contributed by atoms with Crippen LogP contribution < -0.4 is 26.6 Å². The van der Waals surface area contributed by atoms with Gasteiger partial charge in [0.25, 0.3) is 0 Å². The molecule has 6 N–H and O–H groups in total. The number of anilines is 3. The maximum atomic E-state index is 12.5. The van der Waals surface area contributed by atoms with Crippen LogP contribution in [0.5, 0.6) is 0 Å². The van der Waals surface area contributed by atoms with E-state index in [9.17, 15) is 19.2 Å². The zero-order valence-corrected chi connectivity index (χ0v) is 26.0. The number of ether oxygens (including phenoxy) is 1. The van der Waals surface area contributed by atoms with Crippen molar-refractivity contribution in [2.75, 3.05) is 42.3 Å². The van der Waals surface area contributed by atoms with E-state index in [0.29, 0.717) is 61.5 Å². The molecule has 0 atom stereocenters. The van der Waals surface area contributed by atoms with Crippen LogP contribution in [-0.2, 0) is 22.4 Å². The zero-order chi connectivity index (χ0) is 33.5. The molecule has 2 aliphatic carbocycles. The summed E-state index contributed by atoms with van der Waals surface area (Å²) in [6.07, 6.45) is 3.24. The first-order valence-corrected chi connectivity index (χ1v) is 15.6. The third kappa shape index (κ3) is 7.52. The van der Waals surface area contributed by atoms with E-state index in [2.05, 4.69) is 31.6 Å². The molecule has 0 fully saturated rings. The molecule has 4 aromatic carbocycles. The average Bonchev–Trinajstić information content (AvgIpc) is 3.61. The van der Waals surface area contributed by atoms with Crippen LogP contribution in [0, 0.1) is 0 Å². The molecule has 0 aliphatic heterocycles. The van der Waals surface area contributed by atoms with Crippen molar-refractivity contribution in [2.45, 2.75) is 25.7 Å². The molecule has 5 amide bonds. The maximum Gasteiger partial charge on any atom is 0.411 e. The third-order valence-electron chi connectivity index (χ3n) is 8.14. The number of fused-ring (bicyclic) bond motifs is 6. The van der Waals surface area contributed by atoms with Gasteiger partial charge in [0.15, 0.2) is 0 Å². The van der Waals surface area contributed by atoms with Crippen LogP contribution in [0.15, 0.2) is 77.8 Å². The number of aliphatic hydroxyl groups is 1. The van der Waals surface area contributed by atoms with Gasteiger partial charge in [0.2, 0.25) is 6.08 Å². The number of amides is 5. The van der Waals surface area contributed by atoms with Gasteiger partial charge in [-0.2, -0.15) is 4.99 Å². The number of carbonyl (C=O) groups is 3. The summed E-state index contributed by atoms with van der Waals surface area (Å²) in [4.78, 5) is 51.2. The van der Waals surface area contributed by atoms with E-state index < -0.39 is 6.09 Å². The number of hydrogen-bond acceptors (Lipinski definition) is 7. The van der Waals surface area contributed by atoms with E-state index in [4.69, 9.17) is 9.84 Å². The Balaban J connectivity index is 0.910. The number of aliphatic hydroxyl groups excluding tert-OH is 1. The third-order valence-corrected chi connectivity index (χ3v) is 8.14. The molecule has 6 rings (SSSR count). The van der Waals surface area contributed by atoms with Gasteiger partial charge in [-0.05, 0) is 119 Å². The minimum Gasteiger partial charge on any atom is -0.449 e. The Morgan fingerprint density at radius 1 is 0.667 bits per heavy atom. The second-order valence-corrected chi connectivity index (χ2v) is 11.5. The first-order chi connectivity index (χ1) is 23.4. The Bertz CT molecular complexity index is 1940. The highest BCUT2D eigenvalue weighted by Gasteiger charge is 2.21. The number of carbonyl (C=O) groups excluding carboxylic acids is 4. The molecule has 0 heterocycles. The molecular weight excluding hydrogens is 612 g/mol. The van der Waals surface area contributed by atoms with E-state index >= 15 is 0 Å². The van der Waals surface area contributed by atoms with Gasteiger partial charge in [-0.3, -0.25) is 5.32 Å². The van der Waals surface area contributed by atoms with Gasteiger partial charge in [-0.15, -0.1) is 0 Å². The SMILES string of the molecule is O=C=Nc1ccc2c(c1)Cc1cc(NC(=O)OCCCNC(=O)Nc3ccc4c(c3)Cc3cc(NC(=O)NCCCO)ccc3-4)ccc1-2. The van der Waals surface area contributed by atoms with Gasteiger partial charge >= 0.3 is 18.2 Å². The predicted octanol–water partition coefficient (Wildman–Crippen LogP) is 6.06. The number of nitrogens with zero attached hydrogens (tertiary/aromatic N) is 1. The van der Waals surface area contributed by atoms with Crippen molar-refractivity contribution in [3.8, 4) is 22.3 Å². The van der Waals surface area contributed by atoms with Crippen LogP contribution in [0.4, 0.5) is 37.1 Å². The second-order valence-electron chi connectivity index (χ2n) is 11.5. The normalized spacial score (nSPS) is 11.6. The Morgan fingerprint density at radius 2 is 1.15 bits per heavy atom. The number of rotatable bonds is 11. The zero-order valence-electron chi connectivity index (χ0n) is 26.0. The number of aliphatic imine (C=N–C) groups is 1. The smallest absolute Gasteiger partial charge is 0.411 e. The summed E-state index contributed by atoms with van der Waals surface area (Å²) >= 11 is 0. The molecule has 48 heavy (non-hydrogen) atoms. The van der Waals surface area contributed by atoms with Crippen molar-refractivity contribution in [1.29, 1.82) is 0 Å². The van der Waals surface area contributed by atoms with Crippen molar-refractivity contribution >= 4 is 47.0 Å². The highest BCUT2D eigenvalue weighted by Crippen LogP contribution is 2.40. The summed E-state index contributed by atoms with van der Waals surface area (Å²) in [5.74, 6) is 0. The quantitative estimate of drug-likeness (QED) is 0.0568.